The Hall–Kier alpha value is -8.20. The van der Waals surface area contributed by atoms with Crippen LogP contribution in [0.4, 0.5) is 17.1 Å². The summed E-state index contributed by atoms with van der Waals surface area (Å²) in [6.07, 6.45) is 7.87. The molecule has 2 aliphatic carbocycles. The van der Waals surface area contributed by atoms with E-state index in [9.17, 15) is 0 Å². The van der Waals surface area contributed by atoms with Crippen LogP contribution in [0, 0.1) is 0 Å². The Kier molecular flexibility index (Phi) is 9.57. The van der Waals surface area contributed by atoms with E-state index >= 15 is 0 Å². The summed E-state index contributed by atoms with van der Waals surface area (Å²) in [6.45, 7) is 0. The van der Waals surface area contributed by atoms with E-state index in [1.165, 1.54) is 78.1 Å². The van der Waals surface area contributed by atoms with Crippen LogP contribution in [0.2, 0.25) is 0 Å². The zero-order valence-corrected chi connectivity index (χ0v) is 36.0. The van der Waals surface area contributed by atoms with Crippen LogP contribution < -0.4 is 4.90 Å². The molecule has 1 heterocycles. The van der Waals surface area contributed by atoms with Crippen molar-refractivity contribution < 1.29 is 0 Å². The molecular formula is C63H46N2. The van der Waals surface area contributed by atoms with Crippen LogP contribution in [-0.2, 0) is 5.41 Å². The summed E-state index contributed by atoms with van der Waals surface area (Å²) in [6, 6.07) is 89.2. The fourth-order valence-corrected chi connectivity index (χ4v) is 10.7. The van der Waals surface area contributed by atoms with Gasteiger partial charge in [-0.25, -0.2) is 0 Å². The number of rotatable bonds is 9. The summed E-state index contributed by atoms with van der Waals surface area (Å²) in [5.74, 6) is 0.265. The van der Waals surface area contributed by atoms with Crippen molar-refractivity contribution in [2.75, 3.05) is 4.90 Å². The van der Waals surface area contributed by atoms with Crippen molar-refractivity contribution in [1.29, 1.82) is 0 Å². The molecule has 1 unspecified atom stereocenters. The second-order valence-electron chi connectivity index (χ2n) is 17.2. The lowest BCUT2D eigenvalue weighted by Crippen LogP contribution is -2.29. The summed E-state index contributed by atoms with van der Waals surface area (Å²) in [4.78, 5) is 2.42. The number of anilines is 3. The van der Waals surface area contributed by atoms with Crippen molar-refractivity contribution >= 4 is 23.1 Å². The first-order chi connectivity index (χ1) is 32.2. The smallest absolute Gasteiger partial charge is 0.0715 e. The SMILES string of the molecule is C1=Cc2ccn(-c3ccc4c(c3)C(c3ccccc3)(c3ccccc3)c3cc(N(c5ccc(-c6ccccc6)cc5)c5ccc(-c6ccccc6)cc5)ccc3-4)c2C(c2ccccc2)C1. The summed E-state index contributed by atoms with van der Waals surface area (Å²) in [5, 5.41) is 0. The van der Waals surface area contributed by atoms with Gasteiger partial charge in [0.05, 0.1) is 5.41 Å². The number of benzene rings is 9. The molecule has 0 saturated heterocycles. The van der Waals surface area contributed by atoms with Crippen LogP contribution >= 0.6 is 0 Å². The Bertz CT molecular complexity index is 3170. The van der Waals surface area contributed by atoms with Gasteiger partial charge in [-0.3, -0.25) is 0 Å². The zero-order chi connectivity index (χ0) is 43.2. The summed E-state index contributed by atoms with van der Waals surface area (Å²) < 4.78 is 2.45. The quantitative estimate of drug-likeness (QED) is 0.141. The molecule has 2 nitrogen and oxygen atoms in total. The van der Waals surface area contributed by atoms with E-state index < -0.39 is 5.41 Å². The molecule has 0 aliphatic heterocycles. The topological polar surface area (TPSA) is 8.17 Å². The predicted octanol–water partition coefficient (Wildman–Crippen LogP) is 16.2. The molecule has 0 saturated carbocycles. The molecule has 0 bridgehead atoms. The maximum Gasteiger partial charge on any atom is 0.0715 e. The molecule has 1 aromatic heterocycles. The minimum atomic E-state index is -0.606. The number of allylic oxidation sites excluding steroid dienone is 1. The van der Waals surface area contributed by atoms with E-state index in [0.29, 0.717) is 0 Å². The predicted molar refractivity (Wildman–Crippen MR) is 271 cm³/mol. The largest absolute Gasteiger partial charge is 0.320 e. The Morgan fingerprint density at radius 1 is 0.415 bits per heavy atom. The average molecular weight is 831 g/mol. The summed E-state index contributed by atoms with van der Waals surface area (Å²) >= 11 is 0. The van der Waals surface area contributed by atoms with Crippen LogP contribution in [0.5, 0.6) is 0 Å². The third-order valence-corrected chi connectivity index (χ3v) is 13.7. The second-order valence-corrected chi connectivity index (χ2v) is 17.2. The van der Waals surface area contributed by atoms with Crippen molar-refractivity contribution in [3.05, 3.63) is 294 Å². The van der Waals surface area contributed by atoms with E-state index in [1.807, 2.05) is 0 Å². The lowest BCUT2D eigenvalue weighted by atomic mass is 9.67. The van der Waals surface area contributed by atoms with E-state index in [1.54, 1.807) is 0 Å². The van der Waals surface area contributed by atoms with E-state index in [-0.39, 0.29) is 5.92 Å². The number of fused-ring (bicyclic) bond motifs is 4. The third-order valence-electron chi connectivity index (χ3n) is 13.7. The van der Waals surface area contributed by atoms with Gasteiger partial charge in [0, 0.05) is 40.6 Å². The molecule has 65 heavy (non-hydrogen) atoms. The van der Waals surface area contributed by atoms with Gasteiger partial charge >= 0.3 is 0 Å². The molecular weight excluding hydrogens is 785 g/mol. The molecule has 0 amide bonds. The Labute approximate surface area is 381 Å². The van der Waals surface area contributed by atoms with Gasteiger partial charge in [-0.15, -0.1) is 0 Å². The minimum Gasteiger partial charge on any atom is -0.320 e. The number of hydrogen-bond acceptors (Lipinski definition) is 1. The standard InChI is InChI=1S/C63H46N2/c1-6-17-45(18-7-1)47-29-33-53(34-30-47)65(54-35-31-48(32-36-54)46-19-8-2-9-20-46)56-38-40-59-58-39-37-55(64-42-41-50-23-16-28-57(62(50)64)49-21-10-3-11-22-49)43-60(58)63(61(59)44-56,51-24-12-4-13-25-51)52-26-14-5-15-27-52/h1-27,29-44,57H,28H2. The van der Waals surface area contributed by atoms with Gasteiger partial charge in [0.15, 0.2) is 0 Å². The van der Waals surface area contributed by atoms with Crippen molar-refractivity contribution in [3.63, 3.8) is 0 Å². The molecule has 0 spiro atoms. The average Bonchev–Trinajstić information content (AvgIpc) is 3.96. The van der Waals surface area contributed by atoms with Crippen molar-refractivity contribution in [3.8, 4) is 39.1 Å². The molecule has 1 atom stereocenters. The molecule has 0 fully saturated rings. The first kappa shape index (κ1) is 38.5. The van der Waals surface area contributed by atoms with Gasteiger partial charge in [0.25, 0.3) is 0 Å². The monoisotopic (exact) mass is 830 g/mol. The van der Waals surface area contributed by atoms with Gasteiger partial charge in [-0.1, -0.05) is 200 Å². The van der Waals surface area contributed by atoms with Crippen LogP contribution in [-0.4, -0.2) is 4.57 Å². The normalized spacial score (nSPS) is 14.3. The highest BCUT2D eigenvalue weighted by Crippen LogP contribution is 2.58. The van der Waals surface area contributed by atoms with E-state index in [0.717, 1.165) is 23.5 Å². The summed E-state index contributed by atoms with van der Waals surface area (Å²) in [7, 11) is 0. The van der Waals surface area contributed by atoms with Gasteiger partial charge in [-0.2, -0.15) is 0 Å². The number of nitrogens with zero attached hydrogens (tertiary/aromatic N) is 2. The molecule has 0 radical (unpaired) electrons. The Morgan fingerprint density at radius 2 is 0.877 bits per heavy atom. The van der Waals surface area contributed by atoms with Gasteiger partial charge in [0.2, 0.25) is 0 Å². The van der Waals surface area contributed by atoms with Gasteiger partial charge < -0.3 is 9.47 Å². The number of hydrogen-bond donors (Lipinski definition) is 0. The Balaban J connectivity index is 1.06. The fourth-order valence-electron chi connectivity index (χ4n) is 10.7. The number of aromatic nitrogens is 1. The first-order valence-corrected chi connectivity index (χ1v) is 22.7. The second kappa shape index (κ2) is 16.2. The zero-order valence-electron chi connectivity index (χ0n) is 36.0. The van der Waals surface area contributed by atoms with Crippen LogP contribution in [0.25, 0.3) is 45.1 Å². The fraction of sp³-hybridized carbons (Fsp3) is 0.0476. The van der Waals surface area contributed by atoms with Crippen molar-refractivity contribution in [1.82, 2.24) is 4.57 Å². The lowest BCUT2D eigenvalue weighted by molar-refractivity contribution is 0.750. The highest BCUT2D eigenvalue weighted by molar-refractivity contribution is 5.90. The van der Waals surface area contributed by atoms with Crippen molar-refractivity contribution in [2.45, 2.75) is 17.8 Å². The third kappa shape index (κ3) is 6.57. The summed E-state index contributed by atoms with van der Waals surface area (Å²) in [5.41, 5.74) is 20.2. The highest BCUT2D eigenvalue weighted by Gasteiger charge is 2.47. The lowest BCUT2D eigenvalue weighted by Gasteiger charge is -2.35. The Morgan fingerprint density at radius 3 is 1.43 bits per heavy atom. The maximum atomic E-state index is 2.48. The first-order valence-electron chi connectivity index (χ1n) is 22.7. The van der Waals surface area contributed by atoms with Crippen LogP contribution in [0.15, 0.2) is 255 Å². The minimum absolute atomic E-state index is 0.265. The van der Waals surface area contributed by atoms with Gasteiger partial charge in [0.1, 0.15) is 0 Å². The highest BCUT2D eigenvalue weighted by atomic mass is 15.1. The van der Waals surface area contributed by atoms with Crippen molar-refractivity contribution in [2.24, 2.45) is 0 Å². The van der Waals surface area contributed by atoms with E-state index in [2.05, 4.69) is 270 Å². The van der Waals surface area contributed by atoms with Crippen LogP contribution in [0.1, 0.15) is 51.4 Å². The van der Waals surface area contributed by atoms with Crippen LogP contribution in [0.3, 0.4) is 0 Å². The molecule has 2 aliphatic rings. The molecule has 2 heteroatoms. The molecule has 0 N–H and O–H groups in total. The van der Waals surface area contributed by atoms with Gasteiger partial charge in [-0.05, 0) is 128 Å². The maximum absolute atomic E-state index is 2.48. The molecule has 12 rings (SSSR count). The molecule has 10 aromatic rings. The van der Waals surface area contributed by atoms with E-state index in [4.69, 9.17) is 0 Å². The molecule has 308 valence electrons. The molecule has 9 aromatic carbocycles.